The predicted molar refractivity (Wildman–Crippen MR) is 128 cm³/mol. The average molecular weight is 515 g/mol. The zero-order valence-corrected chi connectivity index (χ0v) is 20.2. The number of hydrogen-bond acceptors (Lipinski definition) is 5. The molecular weight excluding hydrogens is 485 g/mol. The van der Waals surface area contributed by atoms with E-state index in [9.17, 15) is 0 Å². The molecule has 0 spiro atoms. The lowest BCUT2D eigenvalue weighted by Gasteiger charge is -2.24. The molecule has 1 saturated heterocycles. The van der Waals surface area contributed by atoms with E-state index in [1.165, 1.54) is 5.69 Å². The number of anilines is 1. The third kappa shape index (κ3) is 5.73. The van der Waals surface area contributed by atoms with Crippen LogP contribution in [0, 0.1) is 12.8 Å². The molecule has 1 N–H and O–H groups in total. The normalized spacial score (nSPS) is 16.6. The first-order chi connectivity index (χ1) is 13.1. The van der Waals surface area contributed by atoms with E-state index in [4.69, 9.17) is 4.74 Å². The fourth-order valence-electron chi connectivity index (χ4n) is 3.53. The topological polar surface area (TPSA) is 53.0 Å². The zero-order valence-electron chi connectivity index (χ0n) is 17.0. The van der Waals surface area contributed by atoms with E-state index in [0.717, 1.165) is 55.0 Å². The second-order valence-electron chi connectivity index (χ2n) is 6.91. The number of halogens is 1. The molecule has 1 fully saturated rings. The van der Waals surface area contributed by atoms with Crippen LogP contribution in [-0.2, 0) is 6.54 Å². The van der Waals surface area contributed by atoms with Crippen LogP contribution < -0.4 is 15.0 Å². The molecule has 8 heteroatoms. The van der Waals surface area contributed by atoms with Crippen molar-refractivity contribution in [3.8, 4) is 5.75 Å². The molecule has 1 aliphatic rings. The van der Waals surface area contributed by atoms with E-state index < -0.39 is 0 Å². The van der Waals surface area contributed by atoms with Crippen LogP contribution in [0.15, 0.2) is 34.6 Å². The highest BCUT2D eigenvalue weighted by Crippen LogP contribution is 2.31. The molecule has 2 heterocycles. The number of aromatic nitrogens is 1. The van der Waals surface area contributed by atoms with Gasteiger partial charge in [0.2, 0.25) is 0 Å². The molecule has 154 valence electrons. The summed E-state index contributed by atoms with van der Waals surface area (Å²) >= 11 is 1.69. The number of benzene rings is 1. The molecular formula is C20H30IN5OS. The van der Waals surface area contributed by atoms with Gasteiger partial charge in [-0.1, -0.05) is 12.1 Å². The molecule has 0 bridgehead atoms. The summed E-state index contributed by atoms with van der Waals surface area (Å²) in [5.74, 6) is 2.44. The number of methoxy groups -OCH3 is 1. The van der Waals surface area contributed by atoms with Crippen LogP contribution in [0.1, 0.15) is 17.1 Å². The summed E-state index contributed by atoms with van der Waals surface area (Å²) in [4.78, 5) is 13.5. The summed E-state index contributed by atoms with van der Waals surface area (Å²) in [6.07, 6.45) is 1.16. The summed E-state index contributed by atoms with van der Waals surface area (Å²) in [6.45, 7) is 5.80. The largest absolute Gasteiger partial charge is 0.495 e. The molecule has 0 amide bonds. The van der Waals surface area contributed by atoms with Crippen LogP contribution in [-0.4, -0.2) is 56.7 Å². The van der Waals surface area contributed by atoms with Crippen molar-refractivity contribution < 1.29 is 4.74 Å². The van der Waals surface area contributed by atoms with Gasteiger partial charge in [0.05, 0.1) is 30.0 Å². The summed E-state index contributed by atoms with van der Waals surface area (Å²) < 4.78 is 5.51. The van der Waals surface area contributed by atoms with Crippen LogP contribution in [0.4, 0.5) is 5.69 Å². The SMILES string of the molecule is CN=C(NCC1CCN(c2ccccc2OC)C1)N(C)Cc1csc(C)n1.I. The van der Waals surface area contributed by atoms with E-state index in [1.807, 2.05) is 26.1 Å². The highest BCUT2D eigenvalue weighted by Gasteiger charge is 2.25. The van der Waals surface area contributed by atoms with E-state index >= 15 is 0 Å². The van der Waals surface area contributed by atoms with Crippen molar-refractivity contribution >= 4 is 47.0 Å². The minimum Gasteiger partial charge on any atom is -0.495 e. The number of rotatable bonds is 6. The molecule has 1 aliphatic heterocycles. The Hall–Kier alpha value is -1.55. The van der Waals surface area contributed by atoms with Gasteiger partial charge >= 0.3 is 0 Å². The third-order valence-electron chi connectivity index (χ3n) is 4.90. The summed E-state index contributed by atoms with van der Waals surface area (Å²) in [7, 11) is 5.62. The monoisotopic (exact) mass is 515 g/mol. The van der Waals surface area contributed by atoms with Crippen molar-refractivity contribution in [2.24, 2.45) is 10.9 Å². The van der Waals surface area contributed by atoms with Crippen LogP contribution >= 0.6 is 35.3 Å². The van der Waals surface area contributed by atoms with Crippen molar-refractivity contribution in [3.05, 3.63) is 40.3 Å². The van der Waals surface area contributed by atoms with Crippen LogP contribution in [0.5, 0.6) is 5.75 Å². The number of thiazole rings is 1. The molecule has 3 rings (SSSR count). The molecule has 2 aromatic rings. The van der Waals surface area contributed by atoms with Crippen LogP contribution in [0.2, 0.25) is 0 Å². The second kappa shape index (κ2) is 10.8. The molecule has 28 heavy (non-hydrogen) atoms. The minimum absolute atomic E-state index is 0. The molecule has 1 atom stereocenters. The Morgan fingerprint density at radius 2 is 2.21 bits per heavy atom. The van der Waals surface area contributed by atoms with Gasteiger partial charge in [-0.3, -0.25) is 4.99 Å². The maximum absolute atomic E-state index is 5.51. The van der Waals surface area contributed by atoms with E-state index in [2.05, 4.69) is 49.7 Å². The molecule has 6 nitrogen and oxygen atoms in total. The van der Waals surface area contributed by atoms with Crippen molar-refractivity contribution in [3.63, 3.8) is 0 Å². The lowest BCUT2D eigenvalue weighted by molar-refractivity contribution is 0.414. The van der Waals surface area contributed by atoms with Crippen molar-refractivity contribution in [1.82, 2.24) is 15.2 Å². The van der Waals surface area contributed by atoms with Gasteiger partial charge in [0.1, 0.15) is 5.75 Å². The standard InChI is InChI=1S/C20H29N5OS.HI/c1-15-23-17(14-27-15)13-24(3)20(21-2)22-11-16-9-10-25(12-16)18-7-5-6-8-19(18)26-4;/h5-8,14,16H,9-13H2,1-4H3,(H,21,22);1H. The summed E-state index contributed by atoms with van der Waals surface area (Å²) in [6, 6.07) is 8.25. The first-order valence-electron chi connectivity index (χ1n) is 9.31. The van der Waals surface area contributed by atoms with Gasteiger partial charge in [-0.15, -0.1) is 35.3 Å². The van der Waals surface area contributed by atoms with Crippen molar-refractivity contribution in [2.45, 2.75) is 19.9 Å². The van der Waals surface area contributed by atoms with E-state index in [0.29, 0.717) is 5.92 Å². The van der Waals surface area contributed by atoms with Gasteiger partial charge < -0.3 is 19.9 Å². The van der Waals surface area contributed by atoms with Crippen LogP contribution in [0.3, 0.4) is 0 Å². The zero-order chi connectivity index (χ0) is 19.2. The average Bonchev–Trinajstić information content (AvgIpc) is 3.31. The quantitative estimate of drug-likeness (QED) is 0.362. The van der Waals surface area contributed by atoms with E-state index in [1.54, 1.807) is 18.4 Å². The summed E-state index contributed by atoms with van der Waals surface area (Å²) in [5.41, 5.74) is 2.27. The van der Waals surface area contributed by atoms with Gasteiger partial charge in [-0.05, 0) is 31.4 Å². The van der Waals surface area contributed by atoms with Crippen molar-refractivity contribution in [2.75, 3.05) is 45.7 Å². The highest BCUT2D eigenvalue weighted by molar-refractivity contribution is 14.0. The Bertz CT molecular complexity index is 781. The third-order valence-corrected chi connectivity index (χ3v) is 5.72. The van der Waals surface area contributed by atoms with Crippen molar-refractivity contribution in [1.29, 1.82) is 0 Å². The Balaban J connectivity index is 0.00000280. The lowest BCUT2D eigenvalue weighted by atomic mass is 10.1. The van der Waals surface area contributed by atoms with Gasteiger partial charge in [0.15, 0.2) is 5.96 Å². The van der Waals surface area contributed by atoms with Gasteiger partial charge in [-0.2, -0.15) is 0 Å². The number of aryl methyl sites for hydroxylation is 1. The number of nitrogens with one attached hydrogen (secondary N) is 1. The van der Waals surface area contributed by atoms with Crippen LogP contribution in [0.25, 0.3) is 0 Å². The molecule has 0 saturated carbocycles. The molecule has 1 aromatic heterocycles. The molecule has 1 aromatic carbocycles. The summed E-state index contributed by atoms with van der Waals surface area (Å²) in [5, 5.41) is 6.75. The molecule has 0 aliphatic carbocycles. The fraction of sp³-hybridized carbons (Fsp3) is 0.500. The molecule has 1 unspecified atom stereocenters. The predicted octanol–water partition coefficient (Wildman–Crippen LogP) is 3.61. The maximum Gasteiger partial charge on any atom is 0.193 e. The number of hydrogen-bond donors (Lipinski definition) is 1. The Morgan fingerprint density at radius 3 is 2.89 bits per heavy atom. The number of aliphatic imine (C=N–C) groups is 1. The number of nitrogens with zero attached hydrogens (tertiary/aromatic N) is 4. The van der Waals surface area contributed by atoms with Gasteiger partial charge in [0.25, 0.3) is 0 Å². The maximum atomic E-state index is 5.51. The lowest BCUT2D eigenvalue weighted by Crippen LogP contribution is -2.41. The Kier molecular flexibility index (Phi) is 8.81. The smallest absolute Gasteiger partial charge is 0.193 e. The Labute approximate surface area is 189 Å². The minimum atomic E-state index is 0. The van der Waals surface area contributed by atoms with Gasteiger partial charge in [-0.25, -0.2) is 4.98 Å². The first kappa shape index (κ1) is 22.7. The number of ether oxygens (including phenoxy) is 1. The van der Waals surface area contributed by atoms with E-state index in [-0.39, 0.29) is 24.0 Å². The van der Waals surface area contributed by atoms with Gasteiger partial charge in [0, 0.05) is 39.1 Å². The first-order valence-corrected chi connectivity index (χ1v) is 10.2. The highest BCUT2D eigenvalue weighted by atomic mass is 127. The molecule has 0 radical (unpaired) electrons. The second-order valence-corrected chi connectivity index (χ2v) is 7.98. The number of guanidine groups is 1. The fourth-order valence-corrected chi connectivity index (χ4v) is 4.13. The number of para-hydroxylation sites is 2. The Morgan fingerprint density at radius 1 is 1.43 bits per heavy atom.